The third-order valence-corrected chi connectivity index (χ3v) is 2.31. The number of halogens is 1. The van der Waals surface area contributed by atoms with E-state index in [0.717, 1.165) is 15.8 Å². The fourth-order valence-electron chi connectivity index (χ4n) is 1.19. The SMILES string of the molecule is [C-]#[N+]C1=Cc2ccc(Br)cc2OC1. The first-order valence-electron chi connectivity index (χ1n) is 3.80. The summed E-state index contributed by atoms with van der Waals surface area (Å²) >= 11 is 3.36. The number of hydrogen-bond acceptors (Lipinski definition) is 1. The lowest BCUT2D eigenvalue weighted by atomic mass is 10.1. The Balaban J connectivity index is 2.50. The quantitative estimate of drug-likeness (QED) is 0.631. The zero-order valence-electron chi connectivity index (χ0n) is 6.75. The molecule has 0 amide bonds. The van der Waals surface area contributed by atoms with Gasteiger partial charge in [-0.15, -0.1) is 0 Å². The van der Waals surface area contributed by atoms with Crippen LogP contribution in [0.15, 0.2) is 28.4 Å². The van der Waals surface area contributed by atoms with Crippen molar-refractivity contribution >= 4 is 22.0 Å². The van der Waals surface area contributed by atoms with Crippen molar-refractivity contribution in [3.8, 4) is 5.75 Å². The van der Waals surface area contributed by atoms with Gasteiger partial charge in [-0.3, -0.25) is 0 Å². The highest BCUT2D eigenvalue weighted by atomic mass is 79.9. The third-order valence-electron chi connectivity index (χ3n) is 1.82. The van der Waals surface area contributed by atoms with Gasteiger partial charge in [-0.25, -0.2) is 4.85 Å². The molecule has 0 spiro atoms. The minimum absolute atomic E-state index is 0.382. The van der Waals surface area contributed by atoms with Crippen LogP contribution in [0.5, 0.6) is 5.75 Å². The molecule has 64 valence electrons. The Bertz CT molecular complexity index is 417. The molecular formula is C10H6BrNO. The summed E-state index contributed by atoms with van der Waals surface area (Å²) in [5.74, 6) is 0.835. The molecule has 0 fully saturated rings. The Morgan fingerprint density at radius 1 is 1.46 bits per heavy atom. The Morgan fingerprint density at radius 3 is 3.08 bits per heavy atom. The van der Waals surface area contributed by atoms with Crippen molar-refractivity contribution in [3.05, 3.63) is 45.3 Å². The molecule has 0 saturated heterocycles. The smallest absolute Gasteiger partial charge is 0.202 e. The van der Waals surface area contributed by atoms with Crippen LogP contribution in [0.25, 0.3) is 10.9 Å². The fraction of sp³-hybridized carbons (Fsp3) is 0.100. The molecule has 0 bridgehead atoms. The molecule has 13 heavy (non-hydrogen) atoms. The predicted octanol–water partition coefficient (Wildman–Crippen LogP) is 3.10. The maximum atomic E-state index is 6.85. The molecular weight excluding hydrogens is 230 g/mol. The number of hydrogen-bond donors (Lipinski definition) is 0. The molecule has 0 saturated carbocycles. The number of rotatable bonds is 0. The molecule has 1 heterocycles. The fourth-order valence-corrected chi connectivity index (χ4v) is 1.53. The van der Waals surface area contributed by atoms with E-state index in [1.54, 1.807) is 0 Å². The summed E-state index contributed by atoms with van der Waals surface area (Å²) in [6.45, 7) is 7.23. The van der Waals surface area contributed by atoms with Crippen LogP contribution in [-0.2, 0) is 0 Å². The number of nitrogens with zero attached hydrogens (tertiary/aromatic N) is 1. The molecule has 1 aliphatic rings. The van der Waals surface area contributed by atoms with Gasteiger partial charge in [-0.2, -0.15) is 0 Å². The second kappa shape index (κ2) is 3.23. The van der Waals surface area contributed by atoms with Gasteiger partial charge in [0.1, 0.15) is 12.4 Å². The zero-order chi connectivity index (χ0) is 9.26. The lowest BCUT2D eigenvalue weighted by molar-refractivity contribution is 0.350. The monoisotopic (exact) mass is 235 g/mol. The van der Waals surface area contributed by atoms with Gasteiger partial charge in [-0.1, -0.05) is 22.0 Å². The van der Waals surface area contributed by atoms with E-state index in [1.165, 1.54) is 0 Å². The first kappa shape index (κ1) is 8.33. The van der Waals surface area contributed by atoms with E-state index in [-0.39, 0.29) is 0 Å². The van der Waals surface area contributed by atoms with Gasteiger partial charge in [0.2, 0.25) is 5.70 Å². The van der Waals surface area contributed by atoms with Crippen LogP contribution >= 0.6 is 15.9 Å². The maximum absolute atomic E-state index is 6.85. The summed E-state index contributed by atoms with van der Waals surface area (Å²) < 4.78 is 6.39. The number of ether oxygens (including phenoxy) is 1. The minimum atomic E-state index is 0.382. The van der Waals surface area contributed by atoms with E-state index >= 15 is 0 Å². The summed E-state index contributed by atoms with van der Waals surface area (Å²) in [6, 6.07) is 5.78. The van der Waals surface area contributed by atoms with Crippen LogP contribution in [0.4, 0.5) is 0 Å². The maximum Gasteiger partial charge on any atom is 0.202 e. The Kier molecular flexibility index (Phi) is 2.07. The standard InChI is InChI=1S/C10H6BrNO/c1-12-9-4-7-2-3-8(11)5-10(7)13-6-9/h2-5H,6H2. The van der Waals surface area contributed by atoms with Gasteiger partial charge < -0.3 is 4.74 Å². The highest BCUT2D eigenvalue weighted by Crippen LogP contribution is 2.29. The lowest BCUT2D eigenvalue weighted by Crippen LogP contribution is -2.04. The normalized spacial score (nSPS) is 13.7. The van der Waals surface area contributed by atoms with Gasteiger partial charge >= 0.3 is 0 Å². The van der Waals surface area contributed by atoms with Crippen LogP contribution in [0.1, 0.15) is 5.56 Å². The largest absolute Gasteiger partial charge is 0.499 e. The zero-order valence-corrected chi connectivity index (χ0v) is 8.34. The summed E-state index contributed by atoms with van der Waals surface area (Å²) in [4.78, 5) is 3.34. The van der Waals surface area contributed by atoms with Crippen LogP contribution in [0.2, 0.25) is 0 Å². The Labute approximate surface area is 84.8 Å². The second-order valence-electron chi connectivity index (χ2n) is 2.72. The summed E-state index contributed by atoms with van der Waals surface area (Å²) in [5.41, 5.74) is 1.62. The molecule has 1 aliphatic heterocycles. The van der Waals surface area contributed by atoms with Gasteiger partial charge in [0, 0.05) is 10.0 Å². The van der Waals surface area contributed by atoms with E-state index in [9.17, 15) is 0 Å². The van der Waals surface area contributed by atoms with Crippen LogP contribution in [-0.4, -0.2) is 6.61 Å². The summed E-state index contributed by atoms with van der Waals surface area (Å²) in [7, 11) is 0. The van der Waals surface area contributed by atoms with Crippen molar-refractivity contribution in [1.29, 1.82) is 0 Å². The summed E-state index contributed by atoms with van der Waals surface area (Å²) in [5, 5.41) is 0. The second-order valence-corrected chi connectivity index (χ2v) is 3.63. The molecule has 2 rings (SSSR count). The van der Waals surface area contributed by atoms with Crippen molar-refractivity contribution in [3.63, 3.8) is 0 Å². The highest BCUT2D eigenvalue weighted by Gasteiger charge is 2.10. The predicted molar refractivity (Wildman–Crippen MR) is 54.2 cm³/mol. The van der Waals surface area contributed by atoms with E-state index in [0.29, 0.717) is 12.3 Å². The molecule has 0 N–H and O–H groups in total. The molecule has 0 radical (unpaired) electrons. The third kappa shape index (κ3) is 1.58. The van der Waals surface area contributed by atoms with Crippen LogP contribution in [0, 0.1) is 6.57 Å². The average Bonchev–Trinajstić information content (AvgIpc) is 2.17. The molecule has 3 heteroatoms. The van der Waals surface area contributed by atoms with E-state index in [4.69, 9.17) is 11.3 Å². The first-order chi connectivity index (χ1) is 6.29. The van der Waals surface area contributed by atoms with Gasteiger partial charge in [0.15, 0.2) is 0 Å². The number of fused-ring (bicyclic) bond motifs is 1. The molecule has 1 aromatic carbocycles. The molecule has 0 atom stereocenters. The average molecular weight is 236 g/mol. The first-order valence-corrected chi connectivity index (χ1v) is 4.59. The minimum Gasteiger partial charge on any atom is -0.499 e. The molecule has 1 aromatic rings. The van der Waals surface area contributed by atoms with Gasteiger partial charge in [0.25, 0.3) is 0 Å². The van der Waals surface area contributed by atoms with Crippen molar-refractivity contribution in [2.45, 2.75) is 0 Å². The lowest BCUT2D eigenvalue weighted by Gasteiger charge is -2.14. The topological polar surface area (TPSA) is 13.6 Å². The van der Waals surface area contributed by atoms with Crippen molar-refractivity contribution < 1.29 is 4.74 Å². The van der Waals surface area contributed by atoms with Crippen molar-refractivity contribution in [2.75, 3.05) is 6.61 Å². The van der Waals surface area contributed by atoms with Crippen molar-refractivity contribution in [1.82, 2.24) is 0 Å². The van der Waals surface area contributed by atoms with E-state index in [1.807, 2.05) is 24.3 Å². The number of benzene rings is 1. The van der Waals surface area contributed by atoms with Gasteiger partial charge in [-0.05, 0) is 18.2 Å². The van der Waals surface area contributed by atoms with Crippen LogP contribution < -0.4 is 4.74 Å². The Hall–Kier alpha value is -1.27. The van der Waals surface area contributed by atoms with E-state index < -0.39 is 0 Å². The molecule has 0 aromatic heterocycles. The van der Waals surface area contributed by atoms with Crippen molar-refractivity contribution in [2.24, 2.45) is 0 Å². The summed E-state index contributed by atoms with van der Waals surface area (Å²) in [6.07, 6.45) is 1.86. The molecule has 2 nitrogen and oxygen atoms in total. The Morgan fingerprint density at radius 2 is 2.31 bits per heavy atom. The highest BCUT2D eigenvalue weighted by molar-refractivity contribution is 9.10. The molecule has 0 aliphatic carbocycles. The van der Waals surface area contributed by atoms with Crippen LogP contribution in [0.3, 0.4) is 0 Å². The van der Waals surface area contributed by atoms with E-state index in [2.05, 4.69) is 20.8 Å². The van der Waals surface area contributed by atoms with Gasteiger partial charge in [0.05, 0.1) is 6.57 Å². The molecule has 0 unspecified atom stereocenters.